The number of carbonyl (C=O) groups is 1. The second kappa shape index (κ2) is 11.8. The van der Waals surface area contributed by atoms with Crippen LogP contribution in [-0.2, 0) is 4.79 Å². The van der Waals surface area contributed by atoms with Crippen LogP contribution in [0.15, 0.2) is 58.7 Å². The molecule has 0 spiro atoms. The third kappa shape index (κ3) is 9.05. The van der Waals surface area contributed by atoms with E-state index in [-0.39, 0.29) is 17.9 Å². The Morgan fingerprint density at radius 3 is 2.59 bits per heavy atom. The summed E-state index contributed by atoms with van der Waals surface area (Å²) in [5.74, 6) is -0.0855. The maximum absolute atomic E-state index is 11.8. The van der Waals surface area contributed by atoms with Gasteiger partial charge in [-0.25, -0.2) is 0 Å². The van der Waals surface area contributed by atoms with Crippen LogP contribution < -0.4 is 5.32 Å². The first-order valence-corrected chi connectivity index (χ1v) is 10.1. The van der Waals surface area contributed by atoms with E-state index in [9.17, 15) is 4.79 Å². The number of hydrogen-bond donors (Lipinski definition) is 2. The maximum atomic E-state index is 11.8. The number of aliphatic hydroxyl groups is 1. The van der Waals surface area contributed by atoms with Crippen LogP contribution >= 0.6 is 0 Å². The normalized spacial score (nSPS) is 18.6. The van der Waals surface area contributed by atoms with Crippen LogP contribution in [0.1, 0.15) is 66.7 Å². The fourth-order valence-corrected chi connectivity index (χ4v) is 3.39. The molecule has 0 fully saturated rings. The lowest BCUT2D eigenvalue weighted by molar-refractivity contribution is -0.116. The first-order valence-electron chi connectivity index (χ1n) is 10.1. The summed E-state index contributed by atoms with van der Waals surface area (Å²) in [5, 5.41) is 11.5. The fraction of sp³-hybridized carbons (Fsp3) is 0.542. The second-order valence-electron chi connectivity index (χ2n) is 8.14. The molecule has 0 saturated carbocycles. The van der Waals surface area contributed by atoms with Crippen molar-refractivity contribution in [2.45, 2.75) is 66.7 Å². The summed E-state index contributed by atoms with van der Waals surface area (Å²) in [5.41, 5.74) is 5.34. The van der Waals surface area contributed by atoms with Gasteiger partial charge in [-0.1, -0.05) is 55.4 Å². The van der Waals surface area contributed by atoms with Gasteiger partial charge in [-0.3, -0.25) is 4.79 Å². The number of nitrogens with one attached hydrogen (secondary N) is 1. The molecular formula is C24H37NO2. The van der Waals surface area contributed by atoms with Crippen LogP contribution in [0.3, 0.4) is 0 Å². The van der Waals surface area contributed by atoms with Gasteiger partial charge in [0.2, 0.25) is 5.91 Å². The van der Waals surface area contributed by atoms with E-state index in [0.29, 0.717) is 13.0 Å². The molecule has 3 nitrogen and oxygen atoms in total. The summed E-state index contributed by atoms with van der Waals surface area (Å²) < 4.78 is 0. The molecule has 1 aliphatic rings. The summed E-state index contributed by atoms with van der Waals surface area (Å²) in [6.45, 7) is 11.7. The Labute approximate surface area is 165 Å². The Balaban J connectivity index is 2.60. The molecule has 3 heteroatoms. The molecule has 150 valence electrons. The zero-order valence-electron chi connectivity index (χ0n) is 17.8. The minimum Gasteiger partial charge on any atom is -0.396 e. The van der Waals surface area contributed by atoms with Gasteiger partial charge in [0, 0.05) is 19.2 Å². The zero-order valence-corrected chi connectivity index (χ0v) is 17.8. The minimum absolute atomic E-state index is 0.0855. The number of carbonyl (C=O) groups excluding carboxylic acids is 1. The molecule has 1 rings (SSSR count). The van der Waals surface area contributed by atoms with Gasteiger partial charge in [-0.2, -0.15) is 0 Å². The van der Waals surface area contributed by atoms with Crippen LogP contribution in [0.2, 0.25) is 0 Å². The first kappa shape index (κ1) is 23.2. The molecule has 0 heterocycles. The molecule has 2 N–H and O–H groups in total. The van der Waals surface area contributed by atoms with Gasteiger partial charge in [0.15, 0.2) is 0 Å². The van der Waals surface area contributed by atoms with E-state index in [4.69, 9.17) is 5.11 Å². The number of hydrogen-bond acceptors (Lipinski definition) is 2. The number of amides is 1. The van der Waals surface area contributed by atoms with E-state index in [0.717, 1.165) is 12.0 Å². The monoisotopic (exact) mass is 371 g/mol. The Hall–Kier alpha value is -1.87. The summed E-state index contributed by atoms with van der Waals surface area (Å²) in [4.78, 5) is 11.8. The Bertz CT molecular complexity index is 645. The number of unbranched alkanes of at least 4 members (excludes halogenated alkanes) is 1. The average molecular weight is 372 g/mol. The first-order chi connectivity index (χ1) is 12.8. The van der Waals surface area contributed by atoms with Crippen LogP contribution in [0.25, 0.3) is 0 Å². The Morgan fingerprint density at radius 2 is 1.93 bits per heavy atom. The number of allylic oxidation sites excluding steroid dienone is 9. The predicted molar refractivity (Wildman–Crippen MR) is 115 cm³/mol. The minimum atomic E-state index is -0.0855. The van der Waals surface area contributed by atoms with E-state index in [1.165, 1.54) is 36.0 Å². The lowest BCUT2D eigenvalue weighted by Crippen LogP contribution is -2.22. The molecule has 0 unspecified atom stereocenters. The third-order valence-corrected chi connectivity index (χ3v) is 5.02. The van der Waals surface area contributed by atoms with Gasteiger partial charge in [0.25, 0.3) is 0 Å². The van der Waals surface area contributed by atoms with E-state index in [2.05, 4.69) is 51.2 Å². The fourth-order valence-electron chi connectivity index (χ4n) is 3.39. The molecule has 0 aliphatic heterocycles. The predicted octanol–water partition coefficient (Wildman–Crippen LogP) is 5.41. The van der Waals surface area contributed by atoms with Crippen molar-refractivity contribution in [3.8, 4) is 0 Å². The van der Waals surface area contributed by atoms with E-state index in [1.807, 2.05) is 19.1 Å². The molecular weight excluding hydrogens is 334 g/mol. The smallest absolute Gasteiger partial charge is 0.244 e. The largest absolute Gasteiger partial charge is 0.396 e. The highest BCUT2D eigenvalue weighted by Crippen LogP contribution is 2.40. The Morgan fingerprint density at radius 1 is 1.19 bits per heavy atom. The molecule has 0 aromatic heterocycles. The highest BCUT2D eigenvalue weighted by Gasteiger charge is 2.26. The lowest BCUT2D eigenvalue weighted by atomic mass is 9.72. The standard InChI is InChI=1S/C24H37NO2/c1-19(13-14-22-21(3)12-9-15-24(22,4)5)10-8-11-20(2)18-23(27)25-16-6-7-17-26/h8,10-11,13-14,18,26H,6-7,9,12,15-17H2,1-5H3,(H,25,27). The van der Waals surface area contributed by atoms with Gasteiger partial charge in [0.05, 0.1) is 0 Å². The van der Waals surface area contributed by atoms with Crippen LogP contribution in [-0.4, -0.2) is 24.2 Å². The highest BCUT2D eigenvalue weighted by molar-refractivity contribution is 5.88. The van der Waals surface area contributed by atoms with Crippen molar-refractivity contribution >= 4 is 5.91 Å². The van der Waals surface area contributed by atoms with Gasteiger partial charge >= 0.3 is 0 Å². The van der Waals surface area contributed by atoms with Gasteiger partial charge in [0.1, 0.15) is 0 Å². The van der Waals surface area contributed by atoms with Crippen LogP contribution in [0.5, 0.6) is 0 Å². The molecule has 1 amide bonds. The summed E-state index contributed by atoms with van der Waals surface area (Å²) in [7, 11) is 0. The van der Waals surface area contributed by atoms with Gasteiger partial charge < -0.3 is 10.4 Å². The van der Waals surface area contributed by atoms with Crippen molar-refractivity contribution in [2.24, 2.45) is 5.41 Å². The SMILES string of the molecule is CC(C=CC1=C(C)CCCC1(C)C)=CC=CC(C)=CC(=O)NCCCCO. The van der Waals surface area contributed by atoms with Crippen molar-refractivity contribution in [1.82, 2.24) is 5.32 Å². The van der Waals surface area contributed by atoms with Crippen molar-refractivity contribution in [1.29, 1.82) is 0 Å². The van der Waals surface area contributed by atoms with Crippen molar-refractivity contribution in [3.05, 3.63) is 58.7 Å². The Kier molecular flexibility index (Phi) is 10.1. The van der Waals surface area contributed by atoms with E-state index >= 15 is 0 Å². The molecule has 0 radical (unpaired) electrons. The lowest BCUT2D eigenvalue weighted by Gasteiger charge is -2.32. The average Bonchev–Trinajstić information content (AvgIpc) is 2.57. The quantitative estimate of drug-likeness (QED) is 0.323. The van der Waals surface area contributed by atoms with Crippen molar-refractivity contribution < 1.29 is 9.90 Å². The maximum Gasteiger partial charge on any atom is 0.244 e. The summed E-state index contributed by atoms with van der Waals surface area (Å²) in [6.07, 6.45) is 17.3. The zero-order chi connectivity index (χ0) is 20.3. The van der Waals surface area contributed by atoms with Crippen LogP contribution in [0.4, 0.5) is 0 Å². The second-order valence-corrected chi connectivity index (χ2v) is 8.14. The summed E-state index contributed by atoms with van der Waals surface area (Å²) >= 11 is 0. The molecule has 0 aromatic rings. The molecule has 0 bridgehead atoms. The van der Waals surface area contributed by atoms with Crippen molar-refractivity contribution in [3.63, 3.8) is 0 Å². The van der Waals surface area contributed by atoms with E-state index in [1.54, 1.807) is 6.08 Å². The molecule has 1 aliphatic carbocycles. The van der Waals surface area contributed by atoms with Crippen LogP contribution in [0, 0.1) is 5.41 Å². The molecule has 27 heavy (non-hydrogen) atoms. The number of rotatable bonds is 9. The highest BCUT2D eigenvalue weighted by atomic mass is 16.2. The number of aliphatic hydroxyl groups excluding tert-OH is 1. The summed E-state index contributed by atoms with van der Waals surface area (Å²) in [6, 6.07) is 0. The van der Waals surface area contributed by atoms with Gasteiger partial charge in [-0.15, -0.1) is 0 Å². The van der Waals surface area contributed by atoms with E-state index < -0.39 is 0 Å². The third-order valence-electron chi connectivity index (χ3n) is 5.02. The molecule has 0 saturated heterocycles. The topological polar surface area (TPSA) is 49.3 Å². The molecule has 0 atom stereocenters. The molecule has 0 aromatic carbocycles. The van der Waals surface area contributed by atoms with Crippen molar-refractivity contribution in [2.75, 3.05) is 13.2 Å². The van der Waals surface area contributed by atoms with Gasteiger partial charge in [-0.05, 0) is 69.4 Å².